The smallest absolute Gasteiger partial charge is 0.223 e. The standard InChI is InChI=1S/C15H13ClN2O2/c1-18-9-15(14(19)6-13(18)7-16)20-10-12-4-2-11(8-17)3-5-12/h2-6,9H,7,10H2,1H3. The maximum absolute atomic E-state index is 11.8. The number of nitriles is 1. The van der Waals surface area contributed by atoms with Crippen molar-refractivity contribution in [3.05, 3.63) is 63.6 Å². The molecule has 0 atom stereocenters. The van der Waals surface area contributed by atoms with E-state index in [1.165, 1.54) is 6.07 Å². The fraction of sp³-hybridized carbons (Fsp3) is 0.200. The van der Waals surface area contributed by atoms with Crippen LogP contribution in [0.15, 0.2) is 41.3 Å². The molecular weight excluding hydrogens is 276 g/mol. The van der Waals surface area contributed by atoms with Gasteiger partial charge in [-0.3, -0.25) is 4.79 Å². The van der Waals surface area contributed by atoms with Crippen LogP contribution in [0, 0.1) is 11.3 Å². The van der Waals surface area contributed by atoms with E-state index in [4.69, 9.17) is 21.6 Å². The second-order valence-electron chi connectivity index (χ2n) is 4.34. The first kappa shape index (κ1) is 14.2. The van der Waals surface area contributed by atoms with Gasteiger partial charge in [-0.2, -0.15) is 5.26 Å². The van der Waals surface area contributed by atoms with Crippen LogP contribution in [0.1, 0.15) is 16.8 Å². The molecule has 1 heterocycles. The number of rotatable bonds is 4. The zero-order valence-electron chi connectivity index (χ0n) is 11.0. The molecule has 2 rings (SSSR count). The first-order valence-corrected chi connectivity index (χ1v) is 6.55. The molecule has 0 N–H and O–H groups in total. The van der Waals surface area contributed by atoms with Gasteiger partial charge in [0, 0.05) is 18.8 Å². The highest BCUT2D eigenvalue weighted by molar-refractivity contribution is 6.16. The van der Waals surface area contributed by atoms with Crippen molar-refractivity contribution in [3.63, 3.8) is 0 Å². The predicted octanol–water partition coefficient (Wildman–Crippen LogP) is 2.57. The highest BCUT2D eigenvalue weighted by atomic mass is 35.5. The quantitative estimate of drug-likeness (QED) is 0.813. The van der Waals surface area contributed by atoms with Crippen LogP contribution in [0.3, 0.4) is 0 Å². The van der Waals surface area contributed by atoms with Crippen molar-refractivity contribution in [2.45, 2.75) is 12.5 Å². The molecular formula is C15H13ClN2O2. The lowest BCUT2D eigenvalue weighted by atomic mass is 10.2. The number of ether oxygens (including phenoxy) is 1. The predicted molar refractivity (Wildman–Crippen MR) is 76.7 cm³/mol. The summed E-state index contributed by atoms with van der Waals surface area (Å²) in [5.74, 6) is 0.562. The lowest BCUT2D eigenvalue weighted by molar-refractivity contribution is 0.300. The molecule has 2 aromatic rings. The average Bonchev–Trinajstić information content (AvgIpc) is 2.48. The molecule has 0 spiro atoms. The van der Waals surface area contributed by atoms with Crippen LogP contribution in [0.5, 0.6) is 5.75 Å². The van der Waals surface area contributed by atoms with Gasteiger partial charge in [-0.15, -0.1) is 11.6 Å². The molecule has 0 fully saturated rings. The zero-order valence-corrected chi connectivity index (χ0v) is 11.7. The number of alkyl halides is 1. The summed E-state index contributed by atoms with van der Waals surface area (Å²) in [6.45, 7) is 0.279. The minimum Gasteiger partial charge on any atom is -0.483 e. The summed E-state index contributed by atoms with van der Waals surface area (Å²) in [6, 6.07) is 10.6. The largest absolute Gasteiger partial charge is 0.483 e. The lowest BCUT2D eigenvalue weighted by Gasteiger charge is -2.10. The number of halogens is 1. The van der Waals surface area contributed by atoms with Gasteiger partial charge in [0.1, 0.15) is 6.61 Å². The van der Waals surface area contributed by atoms with Gasteiger partial charge in [0.15, 0.2) is 5.75 Å². The van der Waals surface area contributed by atoms with Gasteiger partial charge < -0.3 is 9.30 Å². The normalized spacial score (nSPS) is 10.1. The summed E-state index contributed by atoms with van der Waals surface area (Å²) in [4.78, 5) is 11.8. The van der Waals surface area contributed by atoms with Gasteiger partial charge in [-0.05, 0) is 17.7 Å². The van der Waals surface area contributed by atoms with Gasteiger partial charge in [-0.1, -0.05) is 12.1 Å². The fourth-order valence-corrected chi connectivity index (χ4v) is 1.99. The van der Waals surface area contributed by atoms with Crippen LogP contribution in [-0.4, -0.2) is 4.57 Å². The van der Waals surface area contributed by atoms with Crippen LogP contribution in [0.2, 0.25) is 0 Å². The Balaban J connectivity index is 2.12. The van der Waals surface area contributed by atoms with E-state index in [1.807, 2.05) is 7.05 Å². The van der Waals surface area contributed by atoms with Crippen molar-refractivity contribution < 1.29 is 4.74 Å². The summed E-state index contributed by atoms with van der Waals surface area (Å²) in [6.07, 6.45) is 1.63. The Morgan fingerprint density at radius 2 is 2.05 bits per heavy atom. The van der Waals surface area contributed by atoms with Gasteiger partial charge in [0.2, 0.25) is 5.43 Å². The van der Waals surface area contributed by atoms with Gasteiger partial charge in [-0.25, -0.2) is 0 Å². The van der Waals surface area contributed by atoms with E-state index in [0.717, 1.165) is 11.3 Å². The van der Waals surface area contributed by atoms with Crippen molar-refractivity contribution in [2.75, 3.05) is 0 Å². The summed E-state index contributed by atoms with van der Waals surface area (Å²) in [5.41, 5.74) is 2.04. The lowest BCUT2D eigenvalue weighted by Crippen LogP contribution is -2.12. The van der Waals surface area contributed by atoms with Crippen molar-refractivity contribution >= 4 is 11.6 Å². The number of aryl methyl sites for hydroxylation is 1. The van der Waals surface area contributed by atoms with Crippen molar-refractivity contribution in [2.24, 2.45) is 7.05 Å². The molecule has 0 amide bonds. The van der Waals surface area contributed by atoms with E-state index in [-0.39, 0.29) is 23.7 Å². The molecule has 4 nitrogen and oxygen atoms in total. The summed E-state index contributed by atoms with van der Waals surface area (Å²) in [7, 11) is 1.81. The second kappa shape index (κ2) is 6.27. The van der Waals surface area contributed by atoms with E-state index < -0.39 is 0 Å². The van der Waals surface area contributed by atoms with E-state index in [1.54, 1.807) is 35.0 Å². The van der Waals surface area contributed by atoms with Gasteiger partial charge in [0.25, 0.3) is 0 Å². The Hall–Kier alpha value is -2.25. The van der Waals surface area contributed by atoms with Crippen molar-refractivity contribution in [3.8, 4) is 11.8 Å². The highest BCUT2D eigenvalue weighted by Crippen LogP contribution is 2.10. The van der Waals surface area contributed by atoms with Crippen LogP contribution in [0.4, 0.5) is 0 Å². The molecule has 1 aromatic heterocycles. The number of nitrogens with zero attached hydrogens (tertiary/aromatic N) is 2. The van der Waals surface area contributed by atoms with Crippen LogP contribution >= 0.6 is 11.6 Å². The van der Waals surface area contributed by atoms with E-state index in [9.17, 15) is 4.79 Å². The summed E-state index contributed by atoms with van der Waals surface area (Å²) < 4.78 is 7.28. The Labute approximate surface area is 121 Å². The van der Waals surface area contributed by atoms with Crippen molar-refractivity contribution in [1.29, 1.82) is 5.26 Å². The molecule has 0 radical (unpaired) electrons. The van der Waals surface area contributed by atoms with Crippen LogP contribution < -0.4 is 10.2 Å². The summed E-state index contributed by atoms with van der Waals surface area (Å²) in [5, 5.41) is 8.72. The van der Waals surface area contributed by atoms with Crippen LogP contribution in [-0.2, 0) is 19.5 Å². The first-order chi connectivity index (χ1) is 9.63. The van der Waals surface area contributed by atoms with Gasteiger partial charge in [0.05, 0.1) is 23.7 Å². The van der Waals surface area contributed by atoms with Crippen LogP contribution in [0.25, 0.3) is 0 Å². The molecule has 0 aliphatic heterocycles. The fourth-order valence-electron chi connectivity index (χ4n) is 1.72. The molecule has 0 aliphatic carbocycles. The maximum Gasteiger partial charge on any atom is 0.223 e. The molecule has 0 saturated heterocycles. The Morgan fingerprint density at radius 1 is 1.35 bits per heavy atom. The van der Waals surface area contributed by atoms with E-state index >= 15 is 0 Å². The third kappa shape index (κ3) is 3.19. The number of hydrogen-bond donors (Lipinski definition) is 0. The van der Waals surface area contributed by atoms with E-state index in [0.29, 0.717) is 5.56 Å². The molecule has 5 heteroatoms. The Kier molecular flexibility index (Phi) is 4.44. The maximum atomic E-state index is 11.8. The number of aromatic nitrogens is 1. The molecule has 0 aliphatic rings. The molecule has 1 aromatic carbocycles. The SMILES string of the molecule is Cn1cc(OCc2ccc(C#N)cc2)c(=O)cc1CCl. The third-order valence-corrected chi connectivity index (χ3v) is 3.19. The first-order valence-electron chi connectivity index (χ1n) is 6.01. The topological polar surface area (TPSA) is 55.0 Å². The minimum absolute atomic E-state index is 0.188. The minimum atomic E-state index is -0.188. The Bertz CT molecular complexity index is 699. The molecule has 20 heavy (non-hydrogen) atoms. The molecule has 0 bridgehead atoms. The number of hydrogen-bond acceptors (Lipinski definition) is 3. The summed E-state index contributed by atoms with van der Waals surface area (Å²) >= 11 is 5.73. The van der Waals surface area contributed by atoms with Crippen molar-refractivity contribution in [1.82, 2.24) is 4.57 Å². The second-order valence-corrected chi connectivity index (χ2v) is 4.60. The molecule has 0 unspecified atom stereocenters. The highest BCUT2D eigenvalue weighted by Gasteiger charge is 2.05. The average molecular weight is 289 g/mol. The molecule has 102 valence electrons. The monoisotopic (exact) mass is 288 g/mol. The number of benzene rings is 1. The number of pyridine rings is 1. The zero-order chi connectivity index (χ0) is 14.5. The third-order valence-electron chi connectivity index (χ3n) is 2.92. The Morgan fingerprint density at radius 3 is 2.65 bits per heavy atom. The molecule has 0 saturated carbocycles. The van der Waals surface area contributed by atoms with E-state index in [2.05, 4.69) is 6.07 Å². The van der Waals surface area contributed by atoms with Gasteiger partial charge >= 0.3 is 0 Å².